The number of ether oxygens (including phenoxy) is 2. The molecule has 0 spiro atoms. The lowest BCUT2D eigenvalue weighted by Gasteiger charge is -2.50. The summed E-state index contributed by atoms with van der Waals surface area (Å²) in [7, 11) is -10.1. The van der Waals surface area contributed by atoms with Crippen LogP contribution in [-0.2, 0) is 36.0 Å². The monoisotopic (exact) mass is 670 g/mol. The molecular weight excluding hydrogens is 605 g/mol. The summed E-state index contributed by atoms with van der Waals surface area (Å²) in [6.07, 6.45) is -0.825. The first-order valence-electron chi connectivity index (χ1n) is 15.6. The predicted molar refractivity (Wildman–Crippen MR) is 182 cm³/mol. The molecule has 1 heterocycles. The minimum Gasteiger partial charge on any atom is -0.415 e. The van der Waals surface area contributed by atoms with Crippen LogP contribution < -0.4 is 0 Å². The minimum atomic E-state index is -2.35. The summed E-state index contributed by atoms with van der Waals surface area (Å²) in [5.41, 5.74) is 0. The largest absolute Gasteiger partial charge is 0.415 e. The van der Waals surface area contributed by atoms with Gasteiger partial charge in [0.15, 0.2) is 39.6 Å². The Bertz CT molecular complexity index is 749. The molecule has 1 unspecified atom stereocenters. The van der Waals surface area contributed by atoms with Gasteiger partial charge in [0.05, 0.1) is 6.61 Å². The van der Waals surface area contributed by atoms with Crippen molar-refractivity contribution >= 4 is 41.8 Å². The van der Waals surface area contributed by atoms with Crippen LogP contribution in [0, 0.1) is 0 Å². The van der Waals surface area contributed by atoms with Crippen molar-refractivity contribution in [1.29, 1.82) is 0 Å². The highest BCUT2D eigenvalue weighted by Crippen LogP contribution is 2.34. The van der Waals surface area contributed by atoms with Crippen molar-refractivity contribution in [3.8, 4) is 0 Å². The van der Waals surface area contributed by atoms with Gasteiger partial charge in [0.1, 0.15) is 24.4 Å². The maximum atomic E-state index is 6.87. The van der Waals surface area contributed by atoms with Crippen molar-refractivity contribution < 1.29 is 36.0 Å². The van der Waals surface area contributed by atoms with Gasteiger partial charge in [0, 0.05) is 18.8 Å². The Morgan fingerprint density at radius 2 is 1.05 bits per heavy atom. The van der Waals surface area contributed by atoms with E-state index in [-0.39, 0.29) is 36.6 Å². The smallest absolute Gasteiger partial charge is 0.335 e. The molecule has 1 rings (SSSR count). The molecule has 1 aliphatic heterocycles. The van der Waals surface area contributed by atoms with Crippen LogP contribution in [0.25, 0.3) is 0 Å². The number of hydrogen-bond acceptors (Lipinski definition) is 8. The number of hydrogen-bond donors (Lipinski definition) is 0. The summed E-state index contributed by atoms with van der Waals surface area (Å²) < 4.78 is 53.0. The van der Waals surface area contributed by atoms with Crippen LogP contribution in [0.4, 0.5) is 0 Å². The molecule has 0 aliphatic carbocycles. The molecule has 0 aromatic heterocycles. The van der Waals surface area contributed by atoms with Crippen molar-refractivity contribution in [2.45, 2.75) is 168 Å². The normalized spacial score (nSPS) is 25.4. The Balaban J connectivity index is 3.39. The zero-order valence-electron chi connectivity index (χ0n) is 29.6. The fourth-order valence-electron chi connectivity index (χ4n) is 4.82. The molecule has 41 heavy (non-hydrogen) atoms. The van der Waals surface area contributed by atoms with Crippen molar-refractivity contribution in [2.24, 2.45) is 0 Å². The van der Waals surface area contributed by atoms with E-state index in [1.54, 1.807) is 0 Å². The molecule has 0 bridgehead atoms. The van der Waals surface area contributed by atoms with E-state index in [0.29, 0.717) is 13.2 Å². The first kappa shape index (κ1) is 39.8. The van der Waals surface area contributed by atoms with Crippen molar-refractivity contribution in [3.63, 3.8) is 0 Å². The first-order valence-corrected chi connectivity index (χ1v) is 31.7. The van der Waals surface area contributed by atoms with Crippen molar-refractivity contribution in [2.75, 3.05) is 13.2 Å². The second kappa shape index (κ2) is 15.9. The van der Waals surface area contributed by atoms with Crippen LogP contribution in [-0.4, -0.2) is 98.0 Å². The third-order valence-electron chi connectivity index (χ3n) is 5.78. The van der Waals surface area contributed by atoms with Gasteiger partial charge in [-0.05, 0) is 125 Å². The van der Waals surface area contributed by atoms with Gasteiger partial charge in [-0.15, -0.1) is 0 Å². The van der Waals surface area contributed by atoms with E-state index in [1.807, 2.05) is 0 Å². The zero-order valence-corrected chi connectivity index (χ0v) is 34.6. The Hall–Kier alpha value is 0.764. The first-order chi connectivity index (χ1) is 18.3. The van der Waals surface area contributed by atoms with Crippen LogP contribution in [0.15, 0.2) is 0 Å². The van der Waals surface area contributed by atoms with E-state index in [9.17, 15) is 0 Å². The van der Waals surface area contributed by atoms with Gasteiger partial charge in [-0.3, -0.25) is 0 Å². The molecule has 0 aromatic rings. The molecule has 0 radical (unpaired) electrons. The molecular formula is C28H66O8Si5. The van der Waals surface area contributed by atoms with Gasteiger partial charge >= 0.3 is 8.56 Å². The second-order valence-electron chi connectivity index (χ2n) is 16.0. The van der Waals surface area contributed by atoms with E-state index in [1.165, 1.54) is 0 Å². The van der Waals surface area contributed by atoms with Gasteiger partial charge in [0.2, 0.25) is 0 Å². The molecule has 246 valence electrons. The molecule has 0 saturated carbocycles. The number of rotatable bonds is 18. The molecule has 5 atom stereocenters. The summed E-state index contributed by atoms with van der Waals surface area (Å²) in [6.45, 7) is 37.9. The average Bonchev–Trinajstić information content (AvgIpc) is 2.68. The Kier molecular flexibility index (Phi) is 15.4. The third kappa shape index (κ3) is 17.1. The van der Waals surface area contributed by atoms with Crippen LogP contribution in [0.1, 0.15) is 34.1 Å². The molecule has 1 saturated heterocycles. The van der Waals surface area contributed by atoms with E-state index in [0.717, 1.165) is 12.5 Å². The van der Waals surface area contributed by atoms with E-state index in [4.69, 9.17) is 36.0 Å². The molecule has 0 N–H and O–H groups in total. The predicted octanol–water partition coefficient (Wildman–Crippen LogP) is 7.55. The van der Waals surface area contributed by atoms with Crippen LogP contribution in [0.3, 0.4) is 0 Å². The van der Waals surface area contributed by atoms with Crippen molar-refractivity contribution in [3.05, 3.63) is 0 Å². The lowest BCUT2D eigenvalue weighted by atomic mass is 9.99. The highest BCUT2D eigenvalue weighted by atomic mass is 28.4. The summed E-state index contributed by atoms with van der Waals surface area (Å²) in [4.78, 5) is 0. The minimum absolute atomic E-state index is 0.123. The standard InChI is InChI=1S/C28H66O8Si5/c1-22(2)32-41(17,33-23(3)4)20-18-19-29-26-25(34-38(8,9)10)24(21-30-37(5,6)7)31-28(36-40(14,15)16)27(26)35-39(11,12)13/h22-28H,18-21H2,1-17H3/t24-,25-,26+,27-,28?/m1/s1. The van der Waals surface area contributed by atoms with E-state index in [2.05, 4.69) is 113 Å². The maximum absolute atomic E-state index is 6.87. The maximum Gasteiger partial charge on any atom is 0.335 e. The third-order valence-corrected chi connectivity index (χ3v) is 12.9. The van der Waals surface area contributed by atoms with Gasteiger partial charge < -0.3 is 36.0 Å². The van der Waals surface area contributed by atoms with Gasteiger partial charge in [-0.2, -0.15) is 0 Å². The topological polar surface area (TPSA) is 73.8 Å². The fourth-order valence-corrected chi connectivity index (χ4v) is 11.6. The zero-order chi connectivity index (χ0) is 32.0. The van der Waals surface area contributed by atoms with Gasteiger partial charge in [-0.25, -0.2) is 0 Å². The molecule has 1 aliphatic rings. The van der Waals surface area contributed by atoms with Crippen LogP contribution in [0.5, 0.6) is 0 Å². The molecule has 8 nitrogen and oxygen atoms in total. The summed E-state index contributed by atoms with van der Waals surface area (Å²) >= 11 is 0. The summed E-state index contributed by atoms with van der Waals surface area (Å²) in [6, 6.07) is 0.850. The average molecular weight is 671 g/mol. The highest BCUT2D eigenvalue weighted by Gasteiger charge is 2.52. The lowest BCUT2D eigenvalue weighted by molar-refractivity contribution is -0.279. The summed E-state index contributed by atoms with van der Waals surface area (Å²) in [5.74, 6) is 0. The summed E-state index contributed by atoms with van der Waals surface area (Å²) in [5, 5.41) is 0. The van der Waals surface area contributed by atoms with E-state index >= 15 is 0 Å². The Morgan fingerprint density at radius 1 is 0.585 bits per heavy atom. The van der Waals surface area contributed by atoms with Crippen molar-refractivity contribution in [1.82, 2.24) is 0 Å². The molecule has 0 amide bonds. The molecule has 0 aromatic carbocycles. The van der Waals surface area contributed by atoms with Gasteiger partial charge in [-0.1, -0.05) is 0 Å². The second-order valence-corrected chi connectivity index (χ2v) is 37.1. The van der Waals surface area contributed by atoms with Gasteiger partial charge in [0.25, 0.3) is 0 Å². The Morgan fingerprint density at radius 3 is 1.46 bits per heavy atom. The Labute approximate surface area is 258 Å². The fraction of sp³-hybridized carbons (Fsp3) is 1.00. The molecule has 13 heteroatoms. The SMILES string of the molecule is CC(C)O[Si](C)(CCCO[C@H]1[C@H](O[Si](C)(C)C)[C@@H](CO[Si](C)(C)C)OC(O[Si](C)(C)C)[C@@H]1O[Si](C)(C)C)OC(C)C. The lowest BCUT2D eigenvalue weighted by Crippen LogP contribution is -2.66. The van der Waals surface area contributed by atoms with Crippen LogP contribution >= 0.6 is 0 Å². The van der Waals surface area contributed by atoms with Crippen LogP contribution in [0.2, 0.25) is 91.2 Å². The quantitative estimate of drug-likeness (QED) is 0.109. The van der Waals surface area contributed by atoms with E-state index < -0.39 is 48.1 Å². The molecule has 1 fully saturated rings. The highest BCUT2D eigenvalue weighted by molar-refractivity contribution is 6.71.